The number of rotatable bonds is 3. The van der Waals surface area contributed by atoms with Gasteiger partial charge < -0.3 is 10.6 Å². The minimum absolute atomic E-state index is 0.149. The van der Waals surface area contributed by atoms with Gasteiger partial charge in [-0.1, -0.05) is 0 Å². The van der Waals surface area contributed by atoms with Gasteiger partial charge in [0.05, 0.1) is 6.42 Å². The molecular formula is C9H14N2O3. The summed E-state index contributed by atoms with van der Waals surface area (Å²) in [5.74, 6) is -0.730. The second kappa shape index (κ2) is 4.74. The lowest BCUT2D eigenvalue weighted by molar-refractivity contribution is -0.132. The van der Waals surface area contributed by atoms with Crippen LogP contribution in [0.1, 0.15) is 26.2 Å². The third-order valence-corrected chi connectivity index (χ3v) is 2.03. The Hall–Kier alpha value is -1.39. The second-order valence-electron chi connectivity index (χ2n) is 3.43. The molecule has 1 saturated heterocycles. The van der Waals surface area contributed by atoms with Crippen LogP contribution < -0.4 is 10.6 Å². The zero-order valence-corrected chi connectivity index (χ0v) is 8.13. The zero-order valence-electron chi connectivity index (χ0n) is 8.13. The topological polar surface area (TPSA) is 75.3 Å². The Morgan fingerprint density at radius 2 is 2.29 bits per heavy atom. The van der Waals surface area contributed by atoms with Crippen LogP contribution >= 0.6 is 0 Å². The molecule has 5 heteroatoms. The monoisotopic (exact) mass is 198 g/mol. The molecule has 1 aliphatic heterocycles. The third-order valence-electron chi connectivity index (χ3n) is 2.03. The van der Waals surface area contributed by atoms with E-state index in [0.717, 1.165) is 6.42 Å². The van der Waals surface area contributed by atoms with E-state index in [1.54, 1.807) is 0 Å². The molecule has 0 spiro atoms. The quantitative estimate of drug-likeness (QED) is 0.592. The molecule has 78 valence electrons. The second-order valence-corrected chi connectivity index (χ2v) is 3.43. The Bertz CT molecular complexity index is 263. The summed E-state index contributed by atoms with van der Waals surface area (Å²) in [6.07, 6.45) is 1.36. The maximum absolute atomic E-state index is 11.2. The highest BCUT2D eigenvalue weighted by atomic mass is 16.2. The smallest absolute Gasteiger partial charge is 0.242 e. The molecule has 2 amide bonds. The molecule has 5 nitrogen and oxygen atoms in total. The summed E-state index contributed by atoms with van der Waals surface area (Å²) in [4.78, 5) is 33.0. The van der Waals surface area contributed by atoms with Crippen LogP contribution in [0, 0.1) is 0 Å². The molecule has 1 heterocycles. The number of piperidine rings is 1. The van der Waals surface area contributed by atoms with E-state index >= 15 is 0 Å². The number of amides is 2. The number of carbonyl (C=O) groups excluding carboxylic acids is 3. The van der Waals surface area contributed by atoms with Gasteiger partial charge in [0.1, 0.15) is 11.8 Å². The zero-order chi connectivity index (χ0) is 10.6. The first-order valence-electron chi connectivity index (χ1n) is 4.66. The van der Waals surface area contributed by atoms with Crippen molar-refractivity contribution in [3.05, 3.63) is 0 Å². The van der Waals surface area contributed by atoms with Gasteiger partial charge in [0.2, 0.25) is 11.8 Å². The van der Waals surface area contributed by atoms with Crippen molar-refractivity contribution >= 4 is 17.6 Å². The van der Waals surface area contributed by atoms with E-state index < -0.39 is 6.04 Å². The fourth-order valence-electron chi connectivity index (χ4n) is 1.38. The summed E-state index contributed by atoms with van der Waals surface area (Å²) >= 11 is 0. The van der Waals surface area contributed by atoms with Gasteiger partial charge in [-0.3, -0.25) is 14.4 Å². The van der Waals surface area contributed by atoms with Crippen LogP contribution in [0.5, 0.6) is 0 Å². The van der Waals surface area contributed by atoms with E-state index in [1.807, 2.05) is 0 Å². The van der Waals surface area contributed by atoms with Crippen LogP contribution in [0.15, 0.2) is 0 Å². The Labute approximate surface area is 82.2 Å². The van der Waals surface area contributed by atoms with E-state index in [9.17, 15) is 14.4 Å². The Kier molecular flexibility index (Phi) is 3.62. The molecule has 1 aliphatic rings. The molecule has 0 aromatic rings. The fraction of sp³-hybridized carbons (Fsp3) is 0.667. The summed E-state index contributed by atoms with van der Waals surface area (Å²) in [6.45, 7) is 2.01. The van der Waals surface area contributed by atoms with Crippen molar-refractivity contribution in [2.45, 2.75) is 32.2 Å². The molecule has 0 aromatic carbocycles. The fourth-order valence-corrected chi connectivity index (χ4v) is 1.38. The van der Waals surface area contributed by atoms with Crippen LogP contribution in [0.4, 0.5) is 0 Å². The van der Waals surface area contributed by atoms with Gasteiger partial charge in [-0.2, -0.15) is 0 Å². The molecule has 0 saturated carbocycles. The van der Waals surface area contributed by atoms with E-state index in [-0.39, 0.29) is 24.0 Å². The molecule has 0 aromatic heterocycles. The summed E-state index contributed by atoms with van der Waals surface area (Å²) in [5.41, 5.74) is 0. The summed E-state index contributed by atoms with van der Waals surface area (Å²) in [7, 11) is 0. The average molecular weight is 198 g/mol. The van der Waals surface area contributed by atoms with Crippen molar-refractivity contribution in [3.63, 3.8) is 0 Å². The predicted octanol–water partition coefficient (Wildman–Crippen LogP) is -0.640. The van der Waals surface area contributed by atoms with Crippen molar-refractivity contribution in [1.82, 2.24) is 10.6 Å². The van der Waals surface area contributed by atoms with E-state index in [0.29, 0.717) is 13.0 Å². The van der Waals surface area contributed by atoms with Crippen LogP contribution in [0.2, 0.25) is 0 Å². The third kappa shape index (κ3) is 3.16. The van der Waals surface area contributed by atoms with E-state index in [4.69, 9.17) is 0 Å². The Morgan fingerprint density at radius 1 is 1.57 bits per heavy atom. The van der Waals surface area contributed by atoms with Crippen LogP contribution in [-0.2, 0) is 14.4 Å². The summed E-state index contributed by atoms with van der Waals surface area (Å²) < 4.78 is 0. The summed E-state index contributed by atoms with van der Waals surface area (Å²) in [6, 6.07) is -0.462. The molecule has 0 aliphatic carbocycles. The minimum Gasteiger partial charge on any atom is -0.354 e. The highest BCUT2D eigenvalue weighted by Gasteiger charge is 2.23. The molecule has 1 rings (SSSR count). The number of Topliss-reactive ketones (excluding diaryl/α,β-unsaturated/α-hetero) is 1. The lowest BCUT2D eigenvalue weighted by Gasteiger charge is -2.22. The highest BCUT2D eigenvalue weighted by Crippen LogP contribution is 2.02. The molecule has 1 atom stereocenters. The largest absolute Gasteiger partial charge is 0.354 e. The van der Waals surface area contributed by atoms with Gasteiger partial charge in [0.25, 0.3) is 0 Å². The number of hydrogen-bond donors (Lipinski definition) is 2. The van der Waals surface area contributed by atoms with Gasteiger partial charge in [0.15, 0.2) is 0 Å². The van der Waals surface area contributed by atoms with Gasteiger partial charge in [0, 0.05) is 6.54 Å². The summed E-state index contributed by atoms with van der Waals surface area (Å²) in [5, 5.41) is 5.18. The number of carbonyl (C=O) groups is 3. The molecule has 0 radical (unpaired) electrons. The Balaban J connectivity index is 2.38. The standard InChI is InChI=1S/C9H14N2O3/c1-6(12)5-8(13)11-7-3-2-4-10-9(7)14/h7H,2-5H2,1H3,(H,10,14)(H,11,13). The van der Waals surface area contributed by atoms with Crippen molar-refractivity contribution in [3.8, 4) is 0 Å². The van der Waals surface area contributed by atoms with Crippen molar-refractivity contribution in [2.75, 3.05) is 6.54 Å². The number of ketones is 1. The van der Waals surface area contributed by atoms with E-state index in [1.165, 1.54) is 6.92 Å². The van der Waals surface area contributed by atoms with E-state index in [2.05, 4.69) is 10.6 Å². The lowest BCUT2D eigenvalue weighted by Crippen LogP contribution is -2.50. The molecule has 14 heavy (non-hydrogen) atoms. The van der Waals surface area contributed by atoms with Gasteiger partial charge in [-0.15, -0.1) is 0 Å². The maximum atomic E-state index is 11.2. The first-order valence-corrected chi connectivity index (χ1v) is 4.66. The minimum atomic E-state index is -0.462. The number of hydrogen-bond acceptors (Lipinski definition) is 3. The van der Waals surface area contributed by atoms with Gasteiger partial charge in [-0.25, -0.2) is 0 Å². The van der Waals surface area contributed by atoms with Gasteiger partial charge >= 0.3 is 0 Å². The predicted molar refractivity (Wildman–Crippen MR) is 49.5 cm³/mol. The first kappa shape index (κ1) is 10.7. The van der Waals surface area contributed by atoms with Crippen molar-refractivity contribution < 1.29 is 14.4 Å². The normalized spacial score (nSPS) is 21.2. The van der Waals surface area contributed by atoms with Crippen molar-refractivity contribution in [1.29, 1.82) is 0 Å². The van der Waals surface area contributed by atoms with Crippen LogP contribution in [0.25, 0.3) is 0 Å². The van der Waals surface area contributed by atoms with Crippen molar-refractivity contribution in [2.24, 2.45) is 0 Å². The van der Waals surface area contributed by atoms with Gasteiger partial charge in [-0.05, 0) is 19.8 Å². The lowest BCUT2D eigenvalue weighted by atomic mass is 10.1. The Morgan fingerprint density at radius 3 is 2.86 bits per heavy atom. The average Bonchev–Trinajstić information content (AvgIpc) is 2.07. The first-order chi connectivity index (χ1) is 6.59. The maximum Gasteiger partial charge on any atom is 0.242 e. The highest BCUT2D eigenvalue weighted by molar-refractivity contribution is 5.98. The molecule has 1 fully saturated rings. The molecule has 2 N–H and O–H groups in total. The molecule has 1 unspecified atom stereocenters. The molecule has 0 bridgehead atoms. The molecular weight excluding hydrogens is 184 g/mol. The number of nitrogens with one attached hydrogen (secondary N) is 2. The SMILES string of the molecule is CC(=O)CC(=O)NC1CCCNC1=O. The van der Waals surface area contributed by atoms with Crippen LogP contribution in [0.3, 0.4) is 0 Å². The van der Waals surface area contributed by atoms with Crippen LogP contribution in [-0.4, -0.2) is 30.2 Å².